The molecule has 1 aliphatic rings. The summed E-state index contributed by atoms with van der Waals surface area (Å²) in [5.41, 5.74) is -2.12. The number of rotatable bonds is 4. The molecule has 0 amide bonds. The summed E-state index contributed by atoms with van der Waals surface area (Å²) in [6, 6.07) is 6.66. The fourth-order valence-electron chi connectivity index (χ4n) is 2.80. The van der Waals surface area contributed by atoms with E-state index in [1.165, 1.54) is 7.11 Å². The fourth-order valence-corrected chi connectivity index (χ4v) is 2.80. The third kappa shape index (κ3) is 2.70. The Morgan fingerprint density at radius 3 is 2.81 bits per heavy atom. The number of benzene rings is 1. The monoisotopic (exact) mass is 303 g/mol. The summed E-state index contributed by atoms with van der Waals surface area (Å²) in [6.07, 6.45) is -4.78. The molecular weight excluding hydrogens is 287 g/mol. The number of ether oxygens (including phenoxy) is 1. The highest BCUT2D eigenvalue weighted by Crippen LogP contribution is 2.47. The first-order valence-corrected chi connectivity index (χ1v) is 6.45. The quantitative estimate of drug-likeness (QED) is 0.894. The van der Waals surface area contributed by atoms with Crippen molar-refractivity contribution in [1.29, 1.82) is 0 Å². The average molecular weight is 303 g/mol. The lowest BCUT2D eigenvalue weighted by atomic mass is 9.74. The first-order valence-electron chi connectivity index (χ1n) is 6.45. The fraction of sp³-hybridized carbons (Fsp3) is 0.500. The van der Waals surface area contributed by atoms with Gasteiger partial charge < -0.3 is 15.2 Å². The molecular formula is C14H16F3NO3. The van der Waals surface area contributed by atoms with Crippen molar-refractivity contribution in [2.75, 3.05) is 20.2 Å². The lowest BCUT2D eigenvalue weighted by Gasteiger charge is -2.32. The smallest absolute Gasteiger partial charge is 0.406 e. The van der Waals surface area contributed by atoms with Crippen molar-refractivity contribution in [2.45, 2.75) is 12.6 Å². The predicted octanol–water partition coefficient (Wildman–Crippen LogP) is 2.09. The molecule has 0 unspecified atom stereocenters. The van der Waals surface area contributed by atoms with Crippen LogP contribution >= 0.6 is 0 Å². The molecule has 116 valence electrons. The van der Waals surface area contributed by atoms with Gasteiger partial charge in [0.1, 0.15) is 5.75 Å². The van der Waals surface area contributed by atoms with Gasteiger partial charge in [0, 0.05) is 12.5 Å². The van der Waals surface area contributed by atoms with Gasteiger partial charge in [-0.25, -0.2) is 0 Å². The third-order valence-electron chi connectivity index (χ3n) is 4.00. The van der Waals surface area contributed by atoms with Gasteiger partial charge in [-0.15, -0.1) is 0 Å². The molecule has 0 radical (unpaired) electrons. The van der Waals surface area contributed by atoms with Crippen molar-refractivity contribution in [3.63, 3.8) is 0 Å². The SMILES string of the molecule is COc1cccc(C[C@H]2CNC[C@]2(C(=O)O)C(F)(F)F)c1. The van der Waals surface area contributed by atoms with Gasteiger partial charge in [-0.05, 0) is 30.7 Å². The van der Waals surface area contributed by atoms with E-state index in [1.54, 1.807) is 24.3 Å². The molecule has 4 nitrogen and oxygen atoms in total. The summed E-state index contributed by atoms with van der Waals surface area (Å²) in [4.78, 5) is 11.3. The Morgan fingerprint density at radius 1 is 1.52 bits per heavy atom. The Morgan fingerprint density at radius 2 is 2.24 bits per heavy atom. The maximum absolute atomic E-state index is 13.3. The predicted molar refractivity (Wildman–Crippen MR) is 69.2 cm³/mol. The molecule has 2 atom stereocenters. The molecule has 0 spiro atoms. The van der Waals surface area contributed by atoms with E-state index in [0.29, 0.717) is 11.3 Å². The van der Waals surface area contributed by atoms with Gasteiger partial charge in [0.2, 0.25) is 0 Å². The number of nitrogens with one attached hydrogen (secondary N) is 1. The number of carboxylic acids is 1. The van der Waals surface area contributed by atoms with Crippen LogP contribution in [0.5, 0.6) is 5.75 Å². The van der Waals surface area contributed by atoms with Crippen LogP contribution in [0, 0.1) is 11.3 Å². The van der Waals surface area contributed by atoms with Crippen LogP contribution in [0.25, 0.3) is 0 Å². The van der Waals surface area contributed by atoms with E-state index >= 15 is 0 Å². The van der Waals surface area contributed by atoms with Gasteiger partial charge in [-0.3, -0.25) is 4.79 Å². The molecule has 1 saturated heterocycles. The number of carboxylic acid groups (broad SMARTS) is 1. The molecule has 21 heavy (non-hydrogen) atoms. The van der Waals surface area contributed by atoms with Crippen molar-refractivity contribution in [3.05, 3.63) is 29.8 Å². The van der Waals surface area contributed by atoms with Crippen molar-refractivity contribution in [3.8, 4) is 5.75 Å². The number of halogens is 3. The zero-order chi connectivity index (χ0) is 15.7. The molecule has 1 fully saturated rings. The van der Waals surface area contributed by atoms with Gasteiger partial charge in [-0.1, -0.05) is 12.1 Å². The standard InChI is InChI=1S/C14H16F3NO3/c1-21-11-4-2-3-9(6-11)5-10-7-18-8-13(10,12(19)20)14(15,16)17/h2-4,6,10,18H,5,7-8H2,1H3,(H,19,20)/t10-,13-/m0/s1. The molecule has 2 N–H and O–H groups in total. The van der Waals surface area contributed by atoms with Gasteiger partial charge in [0.25, 0.3) is 0 Å². The summed E-state index contributed by atoms with van der Waals surface area (Å²) in [6.45, 7) is -0.580. The van der Waals surface area contributed by atoms with E-state index in [2.05, 4.69) is 5.32 Å². The maximum atomic E-state index is 13.3. The summed E-state index contributed by atoms with van der Waals surface area (Å²) < 4.78 is 45.0. The van der Waals surface area contributed by atoms with Crippen LogP contribution in [-0.2, 0) is 11.2 Å². The van der Waals surface area contributed by atoms with E-state index in [0.717, 1.165) is 0 Å². The molecule has 0 aromatic heterocycles. The van der Waals surface area contributed by atoms with Crippen molar-refractivity contribution in [2.24, 2.45) is 11.3 Å². The van der Waals surface area contributed by atoms with Crippen LogP contribution in [0.1, 0.15) is 5.56 Å². The second-order valence-electron chi connectivity index (χ2n) is 5.16. The van der Waals surface area contributed by atoms with Gasteiger partial charge in [0.15, 0.2) is 5.41 Å². The Kier molecular flexibility index (Phi) is 4.13. The van der Waals surface area contributed by atoms with E-state index in [-0.39, 0.29) is 13.0 Å². The molecule has 1 aromatic carbocycles. The molecule has 0 bridgehead atoms. The first kappa shape index (κ1) is 15.6. The Labute approximate surface area is 119 Å². The minimum absolute atomic E-state index is 0.0169. The second-order valence-corrected chi connectivity index (χ2v) is 5.16. The highest BCUT2D eigenvalue weighted by Gasteiger charge is 2.66. The van der Waals surface area contributed by atoms with E-state index in [1.807, 2.05) is 0 Å². The third-order valence-corrected chi connectivity index (χ3v) is 4.00. The highest BCUT2D eigenvalue weighted by molar-refractivity contribution is 5.77. The van der Waals surface area contributed by atoms with Crippen LogP contribution < -0.4 is 10.1 Å². The second kappa shape index (κ2) is 5.55. The van der Waals surface area contributed by atoms with Crippen LogP contribution in [0.15, 0.2) is 24.3 Å². The van der Waals surface area contributed by atoms with Crippen LogP contribution in [0.3, 0.4) is 0 Å². The highest BCUT2D eigenvalue weighted by atomic mass is 19.4. The number of aliphatic carboxylic acids is 1. The number of hydrogen-bond donors (Lipinski definition) is 2. The number of alkyl halides is 3. The molecule has 0 aliphatic carbocycles. The molecule has 0 saturated carbocycles. The molecule has 7 heteroatoms. The van der Waals surface area contributed by atoms with Crippen molar-refractivity contribution < 1.29 is 27.8 Å². The van der Waals surface area contributed by atoms with Crippen molar-refractivity contribution in [1.82, 2.24) is 5.32 Å². The van der Waals surface area contributed by atoms with Gasteiger partial charge in [0.05, 0.1) is 7.11 Å². The maximum Gasteiger partial charge on any atom is 0.406 e. The van der Waals surface area contributed by atoms with Crippen LogP contribution in [0.4, 0.5) is 13.2 Å². The molecule has 1 aliphatic heterocycles. The van der Waals surface area contributed by atoms with Crippen LogP contribution in [0.2, 0.25) is 0 Å². The van der Waals surface area contributed by atoms with Gasteiger partial charge >= 0.3 is 12.1 Å². The molecule has 1 aromatic rings. The minimum atomic E-state index is -4.80. The van der Waals surface area contributed by atoms with E-state index < -0.39 is 30.0 Å². The summed E-state index contributed by atoms with van der Waals surface area (Å²) in [5.74, 6) is -2.35. The minimum Gasteiger partial charge on any atom is -0.497 e. The summed E-state index contributed by atoms with van der Waals surface area (Å²) >= 11 is 0. The summed E-state index contributed by atoms with van der Waals surface area (Å²) in [5, 5.41) is 11.7. The largest absolute Gasteiger partial charge is 0.497 e. The van der Waals surface area contributed by atoms with Gasteiger partial charge in [-0.2, -0.15) is 13.2 Å². The number of hydrogen-bond acceptors (Lipinski definition) is 3. The molecule has 2 rings (SSSR count). The summed E-state index contributed by atoms with van der Waals surface area (Å²) in [7, 11) is 1.47. The van der Waals surface area contributed by atoms with E-state index in [4.69, 9.17) is 9.84 Å². The number of methoxy groups -OCH3 is 1. The Balaban J connectivity index is 2.31. The topological polar surface area (TPSA) is 58.6 Å². The lowest BCUT2D eigenvalue weighted by molar-refractivity contribution is -0.236. The zero-order valence-electron chi connectivity index (χ0n) is 11.4. The normalized spacial score (nSPS) is 25.8. The Hall–Kier alpha value is -1.76. The zero-order valence-corrected chi connectivity index (χ0v) is 11.4. The lowest BCUT2D eigenvalue weighted by Crippen LogP contribution is -2.51. The number of carbonyl (C=O) groups is 1. The van der Waals surface area contributed by atoms with Crippen LogP contribution in [-0.4, -0.2) is 37.5 Å². The van der Waals surface area contributed by atoms with E-state index in [9.17, 15) is 18.0 Å². The molecule has 1 heterocycles. The average Bonchev–Trinajstić information content (AvgIpc) is 2.83. The van der Waals surface area contributed by atoms with Crippen molar-refractivity contribution >= 4 is 5.97 Å². The Bertz CT molecular complexity index is 532. The first-order chi connectivity index (χ1) is 9.81.